The quantitative estimate of drug-likeness (QED) is 0.911. The molecule has 4 nitrogen and oxygen atoms in total. The molecule has 0 saturated heterocycles. The number of anilines is 1. The minimum Gasteiger partial charge on any atom is -0.325 e. The zero-order chi connectivity index (χ0) is 16.2. The third-order valence-electron chi connectivity index (χ3n) is 2.99. The number of aryl methyl sites for hydroxylation is 1. The topological polar surface area (TPSA) is 63.2 Å². The van der Waals surface area contributed by atoms with Gasteiger partial charge < -0.3 is 5.32 Å². The first-order valence-electron chi connectivity index (χ1n) is 6.66. The van der Waals surface area contributed by atoms with Gasteiger partial charge in [0.25, 0.3) is 0 Å². The fraction of sp³-hybridized carbons (Fsp3) is 0.188. The molecule has 0 bridgehead atoms. The van der Waals surface area contributed by atoms with Crippen LogP contribution in [0.15, 0.2) is 48.5 Å². The van der Waals surface area contributed by atoms with Gasteiger partial charge in [0.05, 0.1) is 5.75 Å². The van der Waals surface area contributed by atoms with Gasteiger partial charge in [-0.2, -0.15) is 0 Å². The van der Waals surface area contributed by atoms with Gasteiger partial charge in [-0.25, -0.2) is 8.42 Å². The van der Waals surface area contributed by atoms with Gasteiger partial charge in [-0.3, -0.25) is 4.79 Å². The summed E-state index contributed by atoms with van der Waals surface area (Å²) in [5, 5.41) is 2.97. The Morgan fingerprint density at radius 1 is 1.14 bits per heavy atom. The van der Waals surface area contributed by atoms with Crippen LogP contribution in [-0.2, 0) is 20.4 Å². The summed E-state index contributed by atoms with van der Waals surface area (Å²) in [4.78, 5) is 11.9. The van der Waals surface area contributed by atoms with Gasteiger partial charge in [0.2, 0.25) is 5.91 Å². The third kappa shape index (κ3) is 4.86. The highest BCUT2D eigenvalue weighted by atomic mass is 35.5. The first-order chi connectivity index (χ1) is 10.4. The van der Waals surface area contributed by atoms with Crippen LogP contribution in [0.25, 0.3) is 0 Å². The Labute approximate surface area is 135 Å². The molecule has 0 atom stereocenters. The normalized spacial score (nSPS) is 11.2. The Hall–Kier alpha value is -1.85. The zero-order valence-corrected chi connectivity index (χ0v) is 13.6. The van der Waals surface area contributed by atoms with Crippen LogP contribution in [-0.4, -0.2) is 20.1 Å². The van der Waals surface area contributed by atoms with E-state index in [0.29, 0.717) is 16.3 Å². The molecule has 0 radical (unpaired) electrons. The fourth-order valence-corrected chi connectivity index (χ4v) is 3.60. The summed E-state index contributed by atoms with van der Waals surface area (Å²) in [5.41, 5.74) is 2.06. The van der Waals surface area contributed by atoms with Crippen molar-refractivity contribution in [2.24, 2.45) is 0 Å². The van der Waals surface area contributed by atoms with E-state index in [2.05, 4.69) is 5.32 Å². The van der Waals surface area contributed by atoms with Crippen LogP contribution in [0.1, 0.15) is 11.1 Å². The maximum absolute atomic E-state index is 12.1. The van der Waals surface area contributed by atoms with Crippen molar-refractivity contribution in [3.05, 3.63) is 64.7 Å². The number of halogens is 1. The van der Waals surface area contributed by atoms with Gasteiger partial charge in [0.1, 0.15) is 5.75 Å². The van der Waals surface area contributed by atoms with Crippen molar-refractivity contribution >= 4 is 33.0 Å². The van der Waals surface area contributed by atoms with Crippen molar-refractivity contribution in [3.63, 3.8) is 0 Å². The van der Waals surface area contributed by atoms with E-state index in [0.717, 1.165) is 5.56 Å². The zero-order valence-electron chi connectivity index (χ0n) is 12.0. The largest absolute Gasteiger partial charge is 0.325 e. The summed E-state index contributed by atoms with van der Waals surface area (Å²) in [5.74, 6) is -1.39. The lowest BCUT2D eigenvalue weighted by molar-refractivity contribution is -0.113. The molecule has 22 heavy (non-hydrogen) atoms. The summed E-state index contributed by atoms with van der Waals surface area (Å²) in [6.07, 6.45) is 0. The van der Waals surface area contributed by atoms with Gasteiger partial charge in [0, 0.05) is 10.7 Å². The summed E-state index contributed by atoms with van der Waals surface area (Å²) in [6.45, 7) is 1.89. The highest BCUT2D eigenvalue weighted by Crippen LogP contribution is 2.18. The Balaban J connectivity index is 2.02. The summed E-state index contributed by atoms with van der Waals surface area (Å²) < 4.78 is 24.2. The minimum absolute atomic E-state index is 0.256. The molecule has 2 rings (SSSR count). The van der Waals surface area contributed by atoms with E-state index >= 15 is 0 Å². The maximum atomic E-state index is 12.1. The van der Waals surface area contributed by atoms with Gasteiger partial charge >= 0.3 is 0 Å². The van der Waals surface area contributed by atoms with Crippen LogP contribution in [0.2, 0.25) is 5.02 Å². The first kappa shape index (κ1) is 16.5. The van der Waals surface area contributed by atoms with Crippen molar-refractivity contribution in [1.82, 2.24) is 0 Å². The molecule has 0 aliphatic carbocycles. The van der Waals surface area contributed by atoms with E-state index in [4.69, 9.17) is 11.6 Å². The molecule has 6 heteroatoms. The number of carbonyl (C=O) groups excluding carboxylic acids is 1. The van der Waals surface area contributed by atoms with E-state index in [1.54, 1.807) is 42.5 Å². The van der Waals surface area contributed by atoms with E-state index in [9.17, 15) is 13.2 Å². The van der Waals surface area contributed by atoms with Crippen molar-refractivity contribution in [2.45, 2.75) is 12.7 Å². The third-order valence-corrected chi connectivity index (χ3v) is 4.81. The highest BCUT2D eigenvalue weighted by molar-refractivity contribution is 7.91. The van der Waals surface area contributed by atoms with Crippen LogP contribution < -0.4 is 5.32 Å². The van der Waals surface area contributed by atoms with Crippen LogP contribution in [0.5, 0.6) is 0 Å². The molecule has 0 aliphatic rings. The monoisotopic (exact) mass is 337 g/mol. The predicted molar refractivity (Wildman–Crippen MR) is 88.8 cm³/mol. The second kappa shape index (κ2) is 6.94. The van der Waals surface area contributed by atoms with Crippen molar-refractivity contribution in [1.29, 1.82) is 0 Å². The van der Waals surface area contributed by atoms with Crippen molar-refractivity contribution in [3.8, 4) is 0 Å². The SMILES string of the molecule is Cc1cccc(NC(=O)CS(=O)(=O)Cc2ccccc2Cl)c1. The number of nitrogens with one attached hydrogen (secondary N) is 1. The minimum atomic E-state index is -3.58. The highest BCUT2D eigenvalue weighted by Gasteiger charge is 2.18. The molecule has 0 heterocycles. The Morgan fingerprint density at radius 3 is 2.55 bits per heavy atom. The molecule has 0 aliphatic heterocycles. The average molecular weight is 338 g/mol. The molecular weight excluding hydrogens is 322 g/mol. The number of amides is 1. The lowest BCUT2D eigenvalue weighted by atomic mass is 10.2. The van der Waals surface area contributed by atoms with Crippen LogP contribution in [0.3, 0.4) is 0 Å². The number of rotatable bonds is 5. The second-order valence-electron chi connectivity index (χ2n) is 5.04. The molecule has 116 valence electrons. The van der Waals surface area contributed by atoms with Gasteiger partial charge in [-0.05, 0) is 36.2 Å². The summed E-state index contributed by atoms with van der Waals surface area (Å²) >= 11 is 5.95. The second-order valence-corrected chi connectivity index (χ2v) is 7.51. The molecule has 0 saturated carbocycles. The maximum Gasteiger partial charge on any atom is 0.239 e. The Morgan fingerprint density at radius 2 is 1.86 bits per heavy atom. The lowest BCUT2D eigenvalue weighted by Crippen LogP contribution is -2.24. The predicted octanol–water partition coefficient (Wildman–Crippen LogP) is 3.20. The Kier molecular flexibility index (Phi) is 5.21. The number of benzene rings is 2. The summed E-state index contributed by atoms with van der Waals surface area (Å²) in [6, 6.07) is 13.9. The van der Waals surface area contributed by atoms with Crippen molar-refractivity contribution in [2.75, 3.05) is 11.1 Å². The summed E-state index contributed by atoms with van der Waals surface area (Å²) in [7, 11) is -3.58. The Bertz CT molecular complexity index is 787. The molecular formula is C16H16ClNO3S. The molecule has 0 unspecified atom stereocenters. The number of hydrogen-bond donors (Lipinski definition) is 1. The molecule has 2 aromatic rings. The van der Waals surface area contributed by atoms with E-state index in [1.165, 1.54) is 0 Å². The van der Waals surface area contributed by atoms with Crippen LogP contribution >= 0.6 is 11.6 Å². The molecule has 0 spiro atoms. The van der Waals surface area contributed by atoms with Crippen LogP contribution in [0.4, 0.5) is 5.69 Å². The van der Waals surface area contributed by atoms with Crippen LogP contribution in [0, 0.1) is 6.92 Å². The van der Waals surface area contributed by atoms with Gasteiger partial charge in [-0.1, -0.05) is 41.9 Å². The number of hydrogen-bond acceptors (Lipinski definition) is 3. The first-order valence-corrected chi connectivity index (χ1v) is 8.86. The average Bonchev–Trinajstić information content (AvgIpc) is 2.40. The van der Waals surface area contributed by atoms with Gasteiger partial charge in [0.15, 0.2) is 9.84 Å². The molecule has 1 N–H and O–H groups in total. The number of carbonyl (C=O) groups is 1. The molecule has 1 amide bonds. The van der Waals surface area contributed by atoms with Crippen molar-refractivity contribution < 1.29 is 13.2 Å². The molecule has 0 aromatic heterocycles. The fourth-order valence-electron chi connectivity index (χ4n) is 2.02. The van der Waals surface area contributed by atoms with E-state index < -0.39 is 21.5 Å². The number of sulfone groups is 1. The van der Waals surface area contributed by atoms with E-state index in [-0.39, 0.29) is 5.75 Å². The molecule has 2 aromatic carbocycles. The van der Waals surface area contributed by atoms with Gasteiger partial charge in [-0.15, -0.1) is 0 Å². The lowest BCUT2D eigenvalue weighted by Gasteiger charge is -2.08. The standard InChI is InChI=1S/C16H16ClNO3S/c1-12-5-4-7-14(9-12)18-16(19)11-22(20,21)10-13-6-2-3-8-15(13)17/h2-9H,10-11H2,1H3,(H,18,19). The smallest absolute Gasteiger partial charge is 0.239 e. The molecule has 0 fully saturated rings. The van der Waals surface area contributed by atoms with E-state index in [1.807, 2.05) is 13.0 Å².